The zero-order chi connectivity index (χ0) is 11.5. The molecule has 0 fully saturated rings. The summed E-state index contributed by atoms with van der Waals surface area (Å²) in [5.74, 6) is 0. The first-order valence-electron chi connectivity index (χ1n) is 4.56. The Balaban J connectivity index is 2.48. The lowest BCUT2D eigenvalue weighted by molar-refractivity contribution is -0.387. The zero-order valence-electron chi connectivity index (χ0n) is 8.53. The van der Waals surface area contributed by atoms with Crippen LogP contribution in [0.4, 0.5) is 5.69 Å². The highest BCUT2D eigenvalue weighted by atomic mass is 32.2. The highest BCUT2D eigenvalue weighted by molar-refractivity contribution is 7.98. The molecular weight excluding hydrogens is 226 g/mol. The molecule has 6 heteroatoms. The van der Waals surface area contributed by atoms with Crippen LogP contribution in [0, 0.1) is 10.1 Å². The normalized spacial score (nSPS) is 10.3. The van der Waals surface area contributed by atoms with Crippen LogP contribution in [0.2, 0.25) is 0 Å². The van der Waals surface area contributed by atoms with Crippen LogP contribution in [0.5, 0.6) is 0 Å². The molecule has 0 amide bonds. The molecule has 0 bridgehead atoms. The van der Waals surface area contributed by atoms with Crippen molar-refractivity contribution in [3.05, 3.63) is 46.6 Å². The van der Waals surface area contributed by atoms with Crippen LogP contribution in [0.1, 0.15) is 0 Å². The Morgan fingerprint density at radius 1 is 1.38 bits per heavy atom. The van der Waals surface area contributed by atoms with E-state index in [1.165, 1.54) is 22.6 Å². The smallest absolute Gasteiger partial charge is 0.258 e. The number of nitro groups is 1. The Labute approximate surface area is 96.2 Å². The summed E-state index contributed by atoms with van der Waals surface area (Å²) in [6.45, 7) is 0. The molecule has 0 aliphatic carbocycles. The second kappa shape index (κ2) is 4.36. The van der Waals surface area contributed by atoms with Crippen LogP contribution in [-0.4, -0.2) is 21.0 Å². The van der Waals surface area contributed by atoms with Gasteiger partial charge in [0, 0.05) is 0 Å². The van der Waals surface area contributed by atoms with E-state index in [9.17, 15) is 10.1 Å². The van der Waals surface area contributed by atoms with Gasteiger partial charge in [-0.2, -0.15) is 5.10 Å². The highest BCUT2D eigenvalue weighted by Crippen LogP contribution is 2.26. The van der Waals surface area contributed by atoms with Gasteiger partial charge in [0.1, 0.15) is 6.20 Å². The molecule has 2 aromatic rings. The first-order chi connectivity index (χ1) is 7.72. The third kappa shape index (κ3) is 1.92. The van der Waals surface area contributed by atoms with E-state index < -0.39 is 4.92 Å². The second-order valence-corrected chi connectivity index (χ2v) is 3.86. The summed E-state index contributed by atoms with van der Waals surface area (Å²) in [5, 5.41) is 15.3. The lowest BCUT2D eigenvalue weighted by atomic mass is 10.3. The number of aromatic nitrogens is 2. The Kier molecular flexibility index (Phi) is 2.91. The van der Waals surface area contributed by atoms with Crippen LogP contribution >= 0.6 is 11.8 Å². The van der Waals surface area contributed by atoms with Crippen molar-refractivity contribution in [3.63, 3.8) is 0 Å². The first-order valence-corrected chi connectivity index (χ1v) is 5.78. The van der Waals surface area contributed by atoms with Crippen LogP contribution in [0.25, 0.3) is 5.69 Å². The van der Waals surface area contributed by atoms with Crippen LogP contribution < -0.4 is 0 Å². The first kappa shape index (κ1) is 10.7. The standard InChI is InChI=1S/C10H9N3O2S/c1-16-10-9(13(14)15)7-12(11-10)8-5-3-2-4-6-8/h2-7H,1H3. The molecule has 0 unspecified atom stereocenters. The minimum absolute atomic E-state index is 0.0383. The van der Waals surface area contributed by atoms with Crippen molar-refractivity contribution in [2.24, 2.45) is 0 Å². The molecule has 1 aromatic carbocycles. The molecular formula is C10H9N3O2S. The third-order valence-corrected chi connectivity index (χ3v) is 2.75. The Bertz CT molecular complexity index is 510. The molecule has 0 atom stereocenters. The second-order valence-electron chi connectivity index (χ2n) is 3.06. The maximum absolute atomic E-state index is 10.8. The summed E-state index contributed by atoms with van der Waals surface area (Å²) < 4.78 is 1.52. The van der Waals surface area contributed by atoms with E-state index >= 15 is 0 Å². The molecule has 2 rings (SSSR count). The maximum Gasteiger partial charge on any atom is 0.321 e. The van der Waals surface area contributed by atoms with E-state index in [0.29, 0.717) is 5.03 Å². The average molecular weight is 235 g/mol. The van der Waals surface area contributed by atoms with E-state index in [1.54, 1.807) is 6.26 Å². The van der Waals surface area contributed by atoms with Gasteiger partial charge in [-0.15, -0.1) is 11.8 Å². The fourth-order valence-electron chi connectivity index (χ4n) is 1.33. The molecule has 0 spiro atoms. The zero-order valence-corrected chi connectivity index (χ0v) is 9.35. The molecule has 1 heterocycles. The van der Waals surface area contributed by atoms with Gasteiger partial charge in [-0.1, -0.05) is 18.2 Å². The minimum atomic E-state index is -0.418. The van der Waals surface area contributed by atoms with Crippen molar-refractivity contribution in [1.29, 1.82) is 0 Å². The number of hydrogen-bond acceptors (Lipinski definition) is 4. The molecule has 0 radical (unpaired) electrons. The van der Waals surface area contributed by atoms with Gasteiger partial charge >= 0.3 is 5.69 Å². The quantitative estimate of drug-likeness (QED) is 0.466. The summed E-state index contributed by atoms with van der Waals surface area (Å²) in [5.41, 5.74) is 0.849. The van der Waals surface area contributed by atoms with Gasteiger partial charge < -0.3 is 0 Å². The van der Waals surface area contributed by atoms with Crippen molar-refractivity contribution >= 4 is 17.4 Å². The molecule has 82 valence electrons. The summed E-state index contributed by atoms with van der Waals surface area (Å²) in [4.78, 5) is 10.3. The number of para-hydroxylation sites is 1. The monoisotopic (exact) mass is 235 g/mol. The summed E-state index contributed by atoms with van der Waals surface area (Å²) in [7, 11) is 0. The third-order valence-electron chi connectivity index (χ3n) is 2.07. The van der Waals surface area contributed by atoms with Crippen molar-refractivity contribution in [2.75, 3.05) is 6.26 Å². The average Bonchev–Trinajstić information content (AvgIpc) is 2.74. The number of rotatable bonds is 3. The summed E-state index contributed by atoms with van der Waals surface area (Å²) in [6.07, 6.45) is 3.20. The largest absolute Gasteiger partial charge is 0.321 e. The van der Waals surface area contributed by atoms with E-state index in [4.69, 9.17) is 0 Å². The minimum Gasteiger partial charge on any atom is -0.258 e. The number of nitrogens with zero attached hydrogens (tertiary/aromatic N) is 3. The van der Waals surface area contributed by atoms with E-state index in [2.05, 4.69) is 5.10 Å². The highest BCUT2D eigenvalue weighted by Gasteiger charge is 2.18. The fraction of sp³-hybridized carbons (Fsp3) is 0.100. The number of benzene rings is 1. The molecule has 0 N–H and O–H groups in total. The van der Waals surface area contributed by atoms with E-state index in [0.717, 1.165) is 5.69 Å². The van der Waals surface area contributed by atoms with Gasteiger partial charge in [-0.05, 0) is 18.4 Å². The topological polar surface area (TPSA) is 61.0 Å². The SMILES string of the molecule is CSc1nn(-c2ccccc2)cc1[N+](=O)[O-]. The lowest BCUT2D eigenvalue weighted by Gasteiger charge is -1.97. The van der Waals surface area contributed by atoms with Crippen molar-refractivity contribution < 1.29 is 4.92 Å². The molecule has 1 aromatic heterocycles. The molecule has 5 nitrogen and oxygen atoms in total. The molecule has 0 saturated carbocycles. The Morgan fingerprint density at radius 3 is 2.56 bits per heavy atom. The maximum atomic E-state index is 10.8. The van der Waals surface area contributed by atoms with Gasteiger partial charge in [0.15, 0.2) is 5.03 Å². The van der Waals surface area contributed by atoms with Gasteiger partial charge in [-0.25, -0.2) is 4.68 Å². The fourth-order valence-corrected chi connectivity index (χ4v) is 1.84. The van der Waals surface area contributed by atoms with Gasteiger partial charge in [0.2, 0.25) is 0 Å². The van der Waals surface area contributed by atoms with E-state index in [1.807, 2.05) is 30.3 Å². The van der Waals surface area contributed by atoms with Crippen molar-refractivity contribution in [1.82, 2.24) is 9.78 Å². The summed E-state index contributed by atoms with van der Waals surface area (Å²) in [6, 6.07) is 9.31. The van der Waals surface area contributed by atoms with Gasteiger partial charge in [-0.3, -0.25) is 10.1 Å². The molecule has 16 heavy (non-hydrogen) atoms. The lowest BCUT2D eigenvalue weighted by Crippen LogP contribution is -1.93. The summed E-state index contributed by atoms with van der Waals surface area (Å²) >= 11 is 1.27. The van der Waals surface area contributed by atoms with Crippen molar-refractivity contribution in [2.45, 2.75) is 5.03 Å². The molecule has 0 saturated heterocycles. The van der Waals surface area contributed by atoms with Gasteiger partial charge in [0.05, 0.1) is 10.6 Å². The molecule has 0 aliphatic rings. The van der Waals surface area contributed by atoms with Crippen molar-refractivity contribution in [3.8, 4) is 5.69 Å². The van der Waals surface area contributed by atoms with Crippen LogP contribution in [0.15, 0.2) is 41.6 Å². The Morgan fingerprint density at radius 2 is 2.06 bits per heavy atom. The Hall–Kier alpha value is -1.82. The predicted molar refractivity (Wildman–Crippen MR) is 62.0 cm³/mol. The van der Waals surface area contributed by atoms with Crippen LogP contribution in [0.3, 0.4) is 0 Å². The molecule has 0 aliphatic heterocycles. The number of hydrogen-bond donors (Lipinski definition) is 0. The number of thioether (sulfide) groups is 1. The van der Waals surface area contributed by atoms with E-state index in [-0.39, 0.29) is 5.69 Å². The van der Waals surface area contributed by atoms with Gasteiger partial charge in [0.25, 0.3) is 0 Å². The predicted octanol–water partition coefficient (Wildman–Crippen LogP) is 2.50. The van der Waals surface area contributed by atoms with Crippen LogP contribution in [-0.2, 0) is 0 Å².